The Morgan fingerprint density at radius 1 is 1.12 bits per heavy atom. The van der Waals surface area contributed by atoms with Crippen LogP contribution in [0.2, 0.25) is 0 Å². The molecular formula is C16H27N. The van der Waals surface area contributed by atoms with Crippen LogP contribution in [-0.2, 0) is 5.54 Å². The van der Waals surface area contributed by atoms with Gasteiger partial charge in [-0.05, 0) is 32.0 Å². The van der Waals surface area contributed by atoms with E-state index in [4.69, 9.17) is 0 Å². The Kier molecular flexibility index (Phi) is 5.20. The summed E-state index contributed by atoms with van der Waals surface area (Å²) in [6.07, 6.45) is 3.78. The minimum Gasteiger partial charge on any atom is -0.299 e. The molecule has 0 spiro atoms. The minimum absolute atomic E-state index is 0.178. The summed E-state index contributed by atoms with van der Waals surface area (Å²) in [6, 6.07) is 11.0. The molecule has 17 heavy (non-hydrogen) atoms. The number of hydrogen-bond donors (Lipinski definition) is 0. The summed E-state index contributed by atoms with van der Waals surface area (Å²) in [4.78, 5) is 2.41. The van der Waals surface area contributed by atoms with Crippen molar-refractivity contribution >= 4 is 0 Å². The fourth-order valence-electron chi connectivity index (χ4n) is 2.94. The predicted octanol–water partition coefficient (Wildman–Crippen LogP) is 4.29. The van der Waals surface area contributed by atoms with Crippen molar-refractivity contribution in [1.82, 2.24) is 4.90 Å². The molecule has 1 heteroatoms. The normalized spacial score (nSPS) is 15.2. The van der Waals surface area contributed by atoms with E-state index in [1.807, 2.05) is 0 Å². The number of nitrogens with zero attached hydrogens (tertiary/aromatic N) is 1. The van der Waals surface area contributed by atoms with Gasteiger partial charge in [0, 0.05) is 5.54 Å². The van der Waals surface area contributed by atoms with Crippen LogP contribution in [0.5, 0.6) is 0 Å². The molecule has 0 N–H and O–H groups in total. The Bertz CT molecular complexity index is 306. The maximum absolute atomic E-state index is 2.41. The molecule has 96 valence electrons. The minimum atomic E-state index is 0.178. The molecule has 1 aromatic carbocycles. The molecule has 0 aromatic heterocycles. The third-order valence-electron chi connectivity index (χ3n) is 3.94. The van der Waals surface area contributed by atoms with Crippen LogP contribution in [0, 0.1) is 5.92 Å². The molecule has 0 saturated carbocycles. The van der Waals surface area contributed by atoms with Crippen molar-refractivity contribution < 1.29 is 0 Å². The molecule has 0 fully saturated rings. The number of rotatable bonds is 6. The molecule has 1 atom stereocenters. The molecule has 1 aromatic rings. The summed E-state index contributed by atoms with van der Waals surface area (Å²) >= 11 is 0. The molecule has 0 amide bonds. The lowest BCUT2D eigenvalue weighted by atomic mass is 9.75. The van der Waals surface area contributed by atoms with E-state index >= 15 is 0 Å². The highest BCUT2D eigenvalue weighted by atomic mass is 15.1. The fraction of sp³-hybridized carbons (Fsp3) is 0.625. The topological polar surface area (TPSA) is 3.24 Å². The highest BCUT2D eigenvalue weighted by Gasteiger charge is 2.36. The van der Waals surface area contributed by atoms with Gasteiger partial charge in [0.1, 0.15) is 0 Å². The van der Waals surface area contributed by atoms with Gasteiger partial charge in [0.15, 0.2) is 0 Å². The van der Waals surface area contributed by atoms with Gasteiger partial charge in [-0.25, -0.2) is 0 Å². The van der Waals surface area contributed by atoms with Crippen molar-refractivity contribution in [3.05, 3.63) is 35.9 Å². The molecule has 0 radical (unpaired) electrons. The van der Waals surface area contributed by atoms with Gasteiger partial charge in [0.05, 0.1) is 0 Å². The van der Waals surface area contributed by atoms with Crippen LogP contribution < -0.4 is 0 Å². The average molecular weight is 233 g/mol. The van der Waals surface area contributed by atoms with Crippen LogP contribution in [-0.4, -0.2) is 19.0 Å². The first kappa shape index (κ1) is 14.2. The van der Waals surface area contributed by atoms with Crippen molar-refractivity contribution in [1.29, 1.82) is 0 Å². The average Bonchev–Trinajstić information content (AvgIpc) is 2.30. The molecule has 0 aliphatic heterocycles. The van der Waals surface area contributed by atoms with E-state index in [9.17, 15) is 0 Å². The summed E-state index contributed by atoms with van der Waals surface area (Å²) in [6.45, 7) is 6.94. The lowest BCUT2D eigenvalue weighted by molar-refractivity contribution is 0.0790. The number of hydrogen-bond acceptors (Lipinski definition) is 1. The predicted molar refractivity (Wildman–Crippen MR) is 76.2 cm³/mol. The molecule has 1 rings (SSSR count). The Morgan fingerprint density at radius 2 is 1.71 bits per heavy atom. The van der Waals surface area contributed by atoms with Gasteiger partial charge >= 0.3 is 0 Å². The standard InChI is InChI=1S/C16H27N/c1-6-7-13-16(14(2)3,17(4)5)15-11-9-8-10-12-15/h8-12,14H,6-7,13H2,1-5H3/t16-/m0/s1. The third-order valence-corrected chi connectivity index (χ3v) is 3.94. The maximum atomic E-state index is 2.41. The van der Waals surface area contributed by atoms with Gasteiger partial charge in [-0.2, -0.15) is 0 Å². The van der Waals surface area contributed by atoms with Crippen molar-refractivity contribution in [2.45, 2.75) is 45.6 Å². The van der Waals surface area contributed by atoms with Gasteiger partial charge in [-0.15, -0.1) is 0 Å². The molecule has 0 aliphatic carbocycles. The largest absolute Gasteiger partial charge is 0.299 e. The van der Waals surface area contributed by atoms with Crippen LogP contribution in [0.15, 0.2) is 30.3 Å². The molecule has 0 aliphatic rings. The first-order chi connectivity index (χ1) is 8.05. The third kappa shape index (κ3) is 2.90. The van der Waals surface area contributed by atoms with Crippen LogP contribution >= 0.6 is 0 Å². The Labute approximate surface area is 107 Å². The summed E-state index contributed by atoms with van der Waals surface area (Å²) in [5.74, 6) is 0.617. The summed E-state index contributed by atoms with van der Waals surface area (Å²) in [7, 11) is 4.42. The highest BCUT2D eigenvalue weighted by Crippen LogP contribution is 2.39. The summed E-state index contributed by atoms with van der Waals surface area (Å²) < 4.78 is 0. The molecule has 0 unspecified atom stereocenters. The Morgan fingerprint density at radius 3 is 2.12 bits per heavy atom. The van der Waals surface area contributed by atoms with E-state index in [-0.39, 0.29) is 5.54 Å². The van der Waals surface area contributed by atoms with Crippen LogP contribution in [0.25, 0.3) is 0 Å². The molecule has 0 bridgehead atoms. The first-order valence-corrected chi connectivity index (χ1v) is 6.78. The van der Waals surface area contributed by atoms with E-state index in [2.05, 4.69) is 70.1 Å². The molecule has 0 saturated heterocycles. The van der Waals surface area contributed by atoms with Crippen LogP contribution in [0.3, 0.4) is 0 Å². The molecular weight excluding hydrogens is 206 g/mol. The number of unbranched alkanes of at least 4 members (excludes halogenated alkanes) is 1. The van der Waals surface area contributed by atoms with Crippen molar-refractivity contribution in [2.75, 3.05) is 14.1 Å². The monoisotopic (exact) mass is 233 g/mol. The van der Waals surface area contributed by atoms with Gasteiger partial charge in [0.2, 0.25) is 0 Å². The van der Waals surface area contributed by atoms with Crippen molar-refractivity contribution in [3.8, 4) is 0 Å². The smallest absolute Gasteiger partial charge is 0.0477 e. The van der Waals surface area contributed by atoms with Crippen molar-refractivity contribution in [3.63, 3.8) is 0 Å². The zero-order chi connectivity index (χ0) is 12.9. The maximum Gasteiger partial charge on any atom is 0.0477 e. The lowest BCUT2D eigenvalue weighted by Crippen LogP contribution is -2.45. The van der Waals surface area contributed by atoms with Gasteiger partial charge in [-0.3, -0.25) is 4.90 Å². The van der Waals surface area contributed by atoms with Crippen LogP contribution in [0.1, 0.15) is 45.6 Å². The quantitative estimate of drug-likeness (QED) is 0.708. The van der Waals surface area contributed by atoms with E-state index < -0.39 is 0 Å². The second-order valence-corrected chi connectivity index (χ2v) is 5.44. The zero-order valence-corrected chi connectivity index (χ0v) is 12.0. The summed E-state index contributed by atoms with van der Waals surface area (Å²) in [5.41, 5.74) is 1.63. The van der Waals surface area contributed by atoms with E-state index in [1.165, 1.54) is 24.8 Å². The van der Waals surface area contributed by atoms with E-state index in [0.29, 0.717) is 5.92 Å². The van der Waals surface area contributed by atoms with E-state index in [1.54, 1.807) is 0 Å². The van der Waals surface area contributed by atoms with Gasteiger partial charge < -0.3 is 0 Å². The second kappa shape index (κ2) is 6.20. The lowest BCUT2D eigenvalue weighted by Gasteiger charge is -2.44. The highest BCUT2D eigenvalue weighted by molar-refractivity contribution is 5.25. The Balaban J connectivity index is 3.15. The van der Waals surface area contributed by atoms with Gasteiger partial charge in [-0.1, -0.05) is 63.9 Å². The first-order valence-electron chi connectivity index (χ1n) is 6.78. The van der Waals surface area contributed by atoms with Crippen molar-refractivity contribution in [2.24, 2.45) is 5.92 Å². The SMILES string of the molecule is CCCC[C@@](c1ccccc1)(C(C)C)N(C)C. The Hall–Kier alpha value is -0.820. The molecule has 0 heterocycles. The summed E-state index contributed by atoms with van der Waals surface area (Å²) in [5, 5.41) is 0. The second-order valence-electron chi connectivity index (χ2n) is 5.44. The van der Waals surface area contributed by atoms with Gasteiger partial charge in [0.25, 0.3) is 0 Å². The fourth-order valence-corrected chi connectivity index (χ4v) is 2.94. The molecule has 1 nitrogen and oxygen atoms in total. The number of benzene rings is 1. The van der Waals surface area contributed by atoms with E-state index in [0.717, 1.165) is 0 Å². The van der Waals surface area contributed by atoms with Crippen LogP contribution in [0.4, 0.5) is 0 Å². The zero-order valence-electron chi connectivity index (χ0n) is 12.0.